The van der Waals surface area contributed by atoms with E-state index in [0.717, 1.165) is 30.2 Å². The summed E-state index contributed by atoms with van der Waals surface area (Å²) >= 11 is 1.53. The van der Waals surface area contributed by atoms with Gasteiger partial charge in [0.25, 0.3) is 5.91 Å². The van der Waals surface area contributed by atoms with Gasteiger partial charge in [-0.15, -0.1) is 11.8 Å². The number of hydrogen-bond acceptors (Lipinski definition) is 6. The van der Waals surface area contributed by atoms with Gasteiger partial charge in [-0.2, -0.15) is 0 Å². The van der Waals surface area contributed by atoms with Gasteiger partial charge < -0.3 is 14.2 Å². The highest BCUT2D eigenvalue weighted by molar-refractivity contribution is 8.00. The molecular formula is C26H26N4O3S. The molecule has 34 heavy (non-hydrogen) atoms. The van der Waals surface area contributed by atoms with Crippen LogP contribution in [0, 0.1) is 0 Å². The van der Waals surface area contributed by atoms with Crippen LogP contribution in [0.25, 0.3) is 6.08 Å². The highest BCUT2D eigenvalue weighted by Crippen LogP contribution is 2.35. The summed E-state index contributed by atoms with van der Waals surface area (Å²) in [6.45, 7) is 3.99. The van der Waals surface area contributed by atoms with Gasteiger partial charge in [0, 0.05) is 37.6 Å². The van der Waals surface area contributed by atoms with E-state index in [1.54, 1.807) is 4.90 Å². The molecule has 1 aromatic heterocycles. The quantitative estimate of drug-likeness (QED) is 0.542. The van der Waals surface area contributed by atoms with Crippen molar-refractivity contribution >= 4 is 35.3 Å². The zero-order valence-corrected chi connectivity index (χ0v) is 19.6. The van der Waals surface area contributed by atoms with E-state index in [1.165, 1.54) is 23.6 Å². The molecule has 3 aromatic rings. The van der Waals surface area contributed by atoms with Gasteiger partial charge in [-0.1, -0.05) is 54.6 Å². The van der Waals surface area contributed by atoms with E-state index >= 15 is 0 Å². The Bertz CT molecular complexity index is 1190. The number of aromatic nitrogens is 1. The Morgan fingerprint density at radius 3 is 2.62 bits per heavy atom. The Morgan fingerprint density at radius 1 is 1.03 bits per heavy atom. The molecule has 8 heteroatoms. The highest BCUT2D eigenvalue weighted by Gasteiger charge is 2.28. The number of anilines is 1. The summed E-state index contributed by atoms with van der Waals surface area (Å²) in [5.41, 5.74) is 2.33. The fraction of sp³-hybridized carbons (Fsp3) is 0.269. The summed E-state index contributed by atoms with van der Waals surface area (Å²) in [7, 11) is 0. The highest BCUT2D eigenvalue weighted by atomic mass is 32.2. The maximum Gasteiger partial charge on any atom is 0.275 e. The minimum atomic E-state index is -0.129. The molecule has 0 bridgehead atoms. The van der Waals surface area contributed by atoms with Crippen molar-refractivity contribution < 1.29 is 14.0 Å². The Morgan fingerprint density at radius 2 is 1.79 bits per heavy atom. The molecule has 0 saturated carbocycles. The van der Waals surface area contributed by atoms with Crippen molar-refractivity contribution in [1.29, 1.82) is 0 Å². The first-order valence-corrected chi connectivity index (χ1v) is 12.4. The summed E-state index contributed by atoms with van der Waals surface area (Å²) in [5, 5.41) is 0. The lowest BCUT2D eigenvalue weighted by Crippen LogP contribution is -2.48. The molecule has 0 aliphatic carbocycles. The van der Waals surface area contributed by atoms with Gasteiger partial charge in [-0.05, 0) is 17.7 Å². The summed E-state index contributed by atoms with van der Waals surface area (Å²) < 4.78 is 5.58. The second kappa shape index (κ2) is 10.3. The second-order valence-electron chi connectivity index (χ2n) is 8.27. The van der Waals surface area contributed by atoms with Crippen molar-refractivity contribution in [3.8, 4) is 0 Å². The molecule has 0 N–H and O–H groups in total. The average molecular weight is 475 g/mol. The van der Waals surface area contributed by atoms with Crippen molar-refractivity contribution in [1.82, 2.24) is 14.8 Å². The predicted octanol–water partition coefficient (Wildman–Crippen LogP) is 3.78. The molecule has 1 saturated heterocycles. The molecule has 0 spiro atoms. The molecule has 2 aliphatic heterocycles. The number of carbonyl (C=O) groups excluding carboxylic acids is 2. The zero-order valence-electron chi connectivity index (χ0n) is 18.8. The Labute approximate surface area is 203 Å². The van der Waals surface area contributed by atoms with Crippen molar-refractivity contribution in [2.75, 3.05) is 43.4 Å². The number of oxazole rings is 1. The third-order valence-electron chi connectivity index (χ3n) is 6.01. The number of thioether (sulfide) groups is 1. The summed E-state index contributed by atoms with van der Waals surface area (Å²) in [5.74, 6) is 0.625. The van der Waals surface area contributed by atoms with Crippen LogP contribution in [0.2, 0.25) is 0 Å². The number of nitrogens with zero attached hydrogens (tertiary/aromatic N) is 4. The molecule has 5 rings (SSSR count). The first-order valence-electron chi connectivity index (χ1n) is 11.4. The summed E-state index contributed by atoms with van der Waals surface area (Å²) in [6, 6.07) is 18.0. The molecule has 174 valence electrons. The van der Waals surface area contributed by atoms with E-state index in [-0.39, 0.29) is 18.4 Å². The maximum atomic E-state index is 13.0. The number of amides is 2. The van der Waals surface area contributed by atoms with Gasteiger partial charge in [0.1, 0.15) is 12.8 Å². The van der Waals surface area contributed by atoms with Crippen LogP contribution in [0.1, 0.15) is 21.9 Å². The molecule has 2 aromatic carbocycles. The molecule has 2 amide bonds. The molecule has 7 nitrogen and oxygen atoms in total. The third-order valence-corrected chi connectivity index (χ3v) is 7.05. The molecule has 1 fully saturated rings. The SMILES string of the molecule is O=C(c1coc(CN2C(=O)CSc3ccccc32)n1)N1CCN(C/C=C/c2ccccc2)CC1. The maximum absolute atomic E-state index is 13.0. The molecule has 3 heterocycles. The van der Waals surface area contributed by atoms with Crippen molar-refractivity contribution in [2.24, 2.45) is 0 Å². The largest absolute Gasteiger partial charge is 0.446 e. The molecule has 0 atom stereocenters. The minimum absolute atomic E-state index is 0.00668. The Hall–Kier alpha value is -3.36. The van der Waals surface area contributed by atoms with Gasteiger partial charge in [0.2, 0.25) is 11.8 Å². The van der Waals surface area contributed by atoms with Crippen molar-refractivity contribution in [3.05, 3.63) is 84.1 Å². The normalized spacial score (nSPS) is 16.8. The van der Waals surface area contributed by atoms with Crippen LogP contribution in [0.5, 0.6) is 0 Å². The molecule has 0 unspecified atom stereocenters. The first kappa shape index (κ1) is 22.4. The number of benzene rings is 2. The zero-order chi connectivity index (χ0) is 23.3. The lowest BCUT2D eigenvalue weighted by molar-refractivity contribution is -0.116. The standard InChI is InChI=1S/C26H26N4O3S/c31-25-19-34-23-11-5-4-10-22(23)30(25)17-24-27-21(18-33-24)26(32)29-15-13-28(14-16-29)12-6-9-20-7-2-1-3-8-20/h1-11,18H,12-17,19H2/b9-6+. The number of para-hydroxylation sites is 1. The van der Waals surface area contributed by atoms with E-state index in [4.69, 9.17) is 4.42 Å². The monoisotopic (exact) mass is 474 g/mol. The lowest BCUT2D eigenvalue weighted by Gasteiger charge is -2.33. The third kappa shape index (κ3) is 5.08. The number of rotatable bonds is 6. The number of piperazine rings is 1. The van der Waals surface area contributed by atoms with Gasteiger partial charge in [0.15, 0.2) is 5.69 Å². The summed E-state index contributed by atoms with van der Waals surface area (Å²) in [6.07, 6.45) is 5.69. The van der Waals surface area contributed by atoms with Gasteiger partial charge >= 0.3 is 0 Å². The Balaban J connectivity index is 1.15. The van der Waals surface area contributed by atoms with Crippen molar-refractivity contribution in [3.63, 3.8) is 0 Å². The van der Waals surface area contributed by atoms with Crippen LogP contribution >= 0.6 is 11.8 Å². The van der Waals surface area contributed by atoms with E-state index in [2.05, 4.69) is 34.2 Å². The van der Waals surface area contributed by atoms with Gasteiger partial charge in [0.05, 0.1) is 11.4 Å². The van der Waals surface area contributed by atoms with Crippen LogP contribution in [-0.2, 0) is 11.3 Å². The van der Waals surface area contributed by atoms with Gasteiger partial charge in [-0.25, -0.2) is 4.98 Å². The molecule has 2 aliphatic rings. The topological polar surface area (TPSA) is 69.9 Å². The fourth-order valence-electron chi connectivity index (χ4n) is 4.14. The average Bonchev–Trinajstić information content (AvgIpc) is 3.35. The molecular weight excluding hydrogens is 448 g/mol. The van der Waals surface area contributed by atoms with Crippen LogP contribution < -0.4 is 4.90 Å². The van der Waals surface area contributed by atoms with E-state index in [0.29, 0.717) is 30.4 Å². The van der Waals surface area contributed by atoms with Crippen LogP contribution in [0.15, 0.2) is 76.2 Å². The minimum Gasteiger partial charge on any atom is -0.446 e. The molecule has 0 radical (unpaired) electrons. The Kier molecular flexibility index (Phi) is 6.78. The second-order valence-corrected chi connectivity index (χ2v) is 9.29. The lowest BCUT2D eigenvalue weighted by atomic mass is 10.2. The van der Waals surface area contributed by atoms with E-state index in [9.17, 15) is 9.59 Å². The predicted molar refractivity (Wildman–Crippen MR) is 133 cm³/mol. The van der Waals surface area contributed by atoms with Crippen LogP contribution in [0.3, 0.4) is 0 Å². The fourth-order valence-corrected chi connectivity index (χ4v) is 5.08. The van der Waals surface area contributed by atoms with Crippen LogP contribution in [-0.4, -0.2) is 65.1 Å². The number of fused-ring (bicyclic) bond motifs is 1. The number of carbonyl (C=O) groups is 2. The van der Waals surface area contributed by atoms with E-state index in [1.807, 2.05) is 47.4 Å². The van der Waals surface area contributed by atoms with Crippen LogP contribution in [0.4, 0.5) is 5.69 Å². The number of hydrogen-bond donors (Lipinski definition) is 0. The van der Waals surface area contributed by atoms with Gasteiger partial charge in [-0.3, -0.25) is 14.5 Å². The first-order chi connectivity index (χ1) is 16.7. The summed E-state index contributed by atoms with van der Waals surface area (Å²) in [4.78, 5) is 36.7. The smallest absolute Gasteiger partial charge is 0.275 e. The van der Waals surface area contributed by atoms with E-state index < -0.39 is 0 Å². The van der Waals surface area contributed by atoms with Crippen molar-refractivity contribution in [2.45, 2.75) is 11.4 Å².